The number of aryl methyl sites for hydroxylation is 1. The van der Waals surface area contributed by atoms with Gasteiger partial charge in [-0.05, 0) is 55.0 Å². The van der Waals surface area contributed by atoms with E-state index in [9.17, 15) is 4.39 Å². The maximum Gasteiger partial charge on any atom is 0.123 e. The molecule has 0 fully saturated rings. The molecule has 19 heavy (non-hydrogen) atoms. The van der Waals surface area contributed by atoms with Gasteiger partial charge in [-0.2, -0.15) is 0 Å². The van der Waals surface area contributed by atoms with Crippen LogP contribution in [0.25, 0.3) is 0 Å². The molecule has 2 N–H and O–H groups in total. The Labute approximate surface area is 116 Å². The maximum absolute atomic E-state index is 12.7. The molecule has 0 spiro atoms. The average molecular weight is 277 g/mol. The zero-order valence-corrected chi connectivity index (χ0v) is 11.5. The molecule has 0 aliphatic carbocycles. The molecule has 0 saturated heterocycles. The number of thioether (sulfide) groups is 1. The molecule has 100 valence electrons. The molecule has 2 rings (SSSR count). The van der Waals surface area contributed by atoms with Gasteiger partial charge in [0.05, 0.1) is 6.61 Å². The van der Waals surface area contributed by atoms with Crippen LogP contribution in [0.1, 0.15) is 5.56 Å². The lowest BCUT2D eigenvalue weighted by Crippen LogP contribution is -2.00. The van der Waals surface area contributed by atoms with E-state index >= 15 is 0 Å². The van der Waals surface area contributed by atoms with Crippen LogP contribution in [0, 0.1) is 12.7 Å². The van der Waals surface area contributed by atoms with Crippen LogP contribution in [-0.2, 0) is 0 Å². The number of anilines is 1. The van der Waals surface area contributed by atoms with Gasteiger partial charge in [0.15, 0.2) is 0 Å². The number of rotatable bonds is 5. The summed E-state index contributed by atoms with van der Waals surface area (Å²) in [6.07, 6.45) is 0. The highest BCUT2D eigenvalue weighted by Crippen LogP contribution is 2.22. The lowest BCUT2D eigenvalue weighted by atomic mass is 10.2. The summed E-state index contributed by atoms with van der Waals surface area (Å²) in [5.74, 6) is 1.27. The van der Waals surface area contributed by atoms with E-state index in [0.29, 0.717) is 12.4 Å². The van der Waals surface area contributed by atoms with Gasteiger partial charge >= 0.3 is 0 Å². The van der Waals surface area contributed by atoms with Crippen LogP contribution in [0.2, 0.25) is 0 Å². The molecule has 0 amide bonds. The third-order valence-corrected chi connectivity index (χ3v) is 3.63. The fraction of sp³-hybridized carbons (Fsp3) is 0.200. The Morgan fingerprint density at radius 1 is 1.16 bits per heavy atom. The minimum absolute atomic E-state index is 0.251. The predicted molar refractivity (Wildman–Crippen MR) is 78.2 cm³/mol. The number of hydrogen-bond acceptors (Lipinski definition) is 3. The van der Waals surface area contributed by atoms with E-state index in [2.05, 4.69) is 6.07 Å². The van der Waals surface area contributed by atoms with E-state index in [1.807, 2.05) is 19.1 Å². The van der Waals surface area contributed by atoms with Crippen molar-refractivity contribution in [1.29, 1.82) is 0 Å². The molecule has 0 aromatic heterocycles. The highest BCUT2D eigenvalue weighted by Gasteiger charge is 1.99. The first-order valence-corrected chi connectivity index (χ1v) is 7.01. The highest BCUT2D eigenvalue weighted by atomic mass is 32.2. The first-order chi connectivity index (χ1) is 9.15. The number of benzene rings is 2. The Hall–Kier alpha value is -1.68. The molecule has 4 heteroatoms. The van der Waals surface area contributed by atoms with Gasteiger partial charge in [0.25, 0.3) is 0 Å². The smallest absolute Gasteiger partial charge is 0.123 e. The van der Waals surface area contributed by atoms with Gasteiger partial charge in [0, 0.05) is 16.3 Å². The Kier molecular flexibility index (Phi) is 4.68. The number of ether oxygens (including phenoxy) is 1. The summed E-state index contributed by atoms with van der Waals surface area (Å²) in [6, 6.07) is 12.0. The Morgan fingerprint density at radius 2 is 1.89 bits per heavy atom. The Balaban J connectivity index is 1.77. The number of nitrogen functional groups attached to an aromatic ring is 1. The van der Waals surface area contributed by atoms with E-state index in [-0.39, 0.29) is 5.82 Å². The third kappa shape index (κ3) is 4.17. The first-order valence-electron chi connectivity index (χ1n) is 6.02. The van der Waals surface area contributed by atoms with E-state index < -0.39 is 0 Å². The van der Waals surface area contributed by atoms with Crippen molar-refractivity contribution >= 4 is 17.4 Å². The molecule has 0 saturated carbocycles. The van der Waals surface area contributed by atoms with Crippen LogP contribution in [-0.4, -0.2) is 12.4 Å². The number of halogens is 1. The van der Waals surface area contributed by atoms with Crippen molar-refractivity contribution < 1.29 is 9.13 Å². The summed E-state index contributed by atoms with van der Waals surface area (Å²) in [4.78, 5) is 1.18. The van der Waals surface area contributed by atoms with Crippen LogP contribution >= 0.6 is 11.8 Å². The molecular weight excluding hydrogens is 261 g/mol. The monoisotopic (exact) mass is 277 g/mol. The van der Waals surface area contributed by atoms with Crippen LogP contribution < -0.4 is 10.5 Å². The number of nitrogens with two attached hydrogens (primary N) is 1. The van der Waals surface area contributed by atoms with Gasteiger partial charge in [-0.1, -0.05) is 0 Å². The topological polar surface area (TPSA) is 35.2 Å². The minimum Gasteiger partial charge on any atom is -0.493 e. The quantitative estimate of drug-likeness (QED) is 0.511. The molecular formula is C15H16FNOS. The SMILES string of the molecule is Cc1cc(SCCOc2ccc(F)cc2)ccc1N. The summed E-state index contributed by atoms with van der Waals surface area (Å²) >= 11 is 1.71. The van der Waals surface area contributed by atoms with Crippen LogP contribution in [0.15, 0.2) is 47.4 Å². The van der Waals surface area contributed by atoms with E-state index in [0.717, 1.165) is 17.0 Å². The Bertz CT molecular complexity index is 542. The molecule has 0 unspecified atom stereocenters. The van der Waals surface area contributed by atoms with Gasteiger partial charge in [-0.25, -0.2) is 4.39 Å². The molecule has 0 heterocycles. The molecule has 0 bridgehead atoms. The lowest BCUT2D eigenvalue weighted by Gasteiger charge is -2.07. The molecule has 0 atom stereocenters. The summed E-state index contributed by atoms with van der Waals surface area (Å²) in [6.45, 7) is 2.58. The zero-order valence-electron chi connectivity index (χ0n) is 10.7. The molecule has 2 nitrogen and oxygen atoms in total. The minimum atomic E-state index is -0.251. The summed E-state index contributed by atoms with van der Waals surface area (Å²) in [7, 11) is 0. The lowest BCUT2D eigenvalue weighted by molar-refractivity contribution is 0.343. The summed E-state index contributed by atoms with van der Waals surface area (Å²) in [5.41, 5.74) is 7.67. The van der Waals surface area contributed by atoms with Crippen molar-refractivity contribution in [1.82, 2.24) is 0 Å². The average Bonchev–Trinajstić information content (AvgIpc) is 2.41. The van der Waals surface area contributed by atoms with E-state index in [1.165, 1.54) is 17.0 Å². The summed E-state index contributed by atoms with van der Waals surface area (Å²) < 4.78 is 18.2. The second kappa shape index (κ2) is 6.48. The van der Waals surface area contributed by atoms with E-state index in [1.54, 1.807) is 23.9 Å². The van der Waals surface area contributed by atoms with Crippen LogP contribution in [0.3, 0.4) is 0 Å². The zero-order chi connectivity index (χ0) is 13.7. The van der Waals surface area contributed by atoms with Crippen molar-refractivity contribution in [3.63, 3.8) is 0 Å². The second-order valence-corrected chi connectivity index (χ2v) is 5.34. The summed E-state index contributed by atoms with van der Waals surface area (Å²) in [5, 5.41) is 0. The van der Waals surface area contributed by atoms with Gasteiger partial charge in [-0.15, -0.1) is 11.8 Å². The van der Waals surface area contributed by atoms with Crippen molar-refractivity contribution in [2.75, 3.05) is 18.1 Å². The van der Waals surface area contributed by atoms with Crippen molar-refractivity contribution in [2.45, 2.75) is 11.8 Å². The van der Waals surface area contributed by atoms with Crippen molar-refractivity contribution in [3.8, 4) is 5.75 Å². The second-order valence-electron chi connectivity index (χ2n) is 4.17. The normalized spacial score (nSPS) is 10.4. The van der Waals surface area contributed by atoms with Gasteiger partial charge in [0.1, 0.15) is 11.6 Å². The molecule has 2 aromatic rings. The van der Waals surface area contributed by atoms with Crippen molar-refractivity contribution in [3.05, 3.63) is 53.8 Å². The Morgan fingerprint density at radius 3 is 2.58 bits per heavy atom. The van der Waals surface area contributed by atoms with E-state index in [4.69, 9.17) is 10.5 Å². The van der Waals surface area contributed by atoms with Crippen LogP contribution in [0.5, 0.6) is 5.75 Å². The van der Waals surface area contributed by atoms with Crippen molar-refractivity contribution in [2.24, 2.45) is 0 Å². The maximum atomic E-state index is 12.7. The number of hydrogen-bond donors (Lipinski definition) is 1. The molecule has 0 aliphatic rings. The van der Waals surface area contributed by atoms with Crippen LogP contribution in [0.4, 0.5) is 10.1 Å². The molecule has 0 radical (unpaired) electrons. The fourth-order valence-corrected chi connectivity index (χ4v) is 2.41. The standard InChI is InChI=1S/C15H16FNOS/c1-11-10-14(6-7-15(11)17)19-9-8-18-13-4-2-12(16)3-5-13/h2-7,10H,8-9,17H2,1H3. The molecule has 2 aromatic carbocycles. The molecule has 0 aliphatic heterocycles. The fourth-order valence-electron chi connectivity index (χ4n) is 1.59. The van der Waals surface area contributed by atoms with Gasteiger partial charge in [-0.3, -0.25) is 0 Å². The largest absolute Gasteiger partial charge is 0.493 e. The first kappa shape index (κ1) is 13.7. The van der Waals surface area contributed by atoms with Gasteiger partial charge in [0.2, 0.25) is 0 Å². The highest BCUT2D eigenvalue weighted by molar-refractivity contribution is 7.99. The predicted octanol–water partition coefficient (Wildman–Crippen LogP) is 3.89. The third-order valence-electron chi connectivity index (χ3n) is 2.68. The van der Waals surface area contributed by atoms with Gasteiger partial charge < -0.3 is 10.5 Å².